The Hall–Kier alpha value is -1.09. The van der Waals surface area contributed by atoms with E-state index in [0.29, 0.717) is 18.1 Å². The maximum atomic E-state index is 6.22. The Bertz CT molecular complexity index is 421. The molecule has 1 N–H and O–H groups in total. The summed E-state index contributed by atoms with van der Waals surface area (Å²) in [4.78, 5) is 4.41. The maximum absolute atomic E-state index is 6.22. The van der Waals surface area contributed by atoms with Gasteiger partial charge in [0, 0.05) is 18.3 Å². The fraction of sp³-hybridized carbons (Fsp3) is 0.722. The molecule has 0 radical (unpaired) electrons. The van der Waals surface area contributed by atoms with E-state index in [-0.39, 0.29) is 0 Å². The minimum absolute atomic E-state index is 0.351. The molecule has 0 amide bonds. The van der Waals surface area contributed by atoms with Gasteiger partial charge >= 0.3 is 0 Å². The van der Waals surface area contributed by atoms with Crippen molar-refractivity contribution < 1.29 is 4.74 Å². The van der Waals surface area contributed by atoms with Crippen LogP contribution in [0.3, 0.4) is 0 Å². The molecule has 0 spiro atoms. The van der Waals surface area contributed by atoms with E-state index in [4.69, 9.17) is 4.74 Å². The Balaban J connectivity index is 1.99. The highest BCUT2D eigenvalue weighted by atomic mass is 16.5. The van der Waals surface area contributed by atoms with Crippen LogP contribution < -0.4 is 10.1 Å². The van der Waals surface area contributed by atoms with Crippen molar-refractivity contribution in [2.75, 3.05) is 6.54 Å². The van der Waals surface area contributed by atoms with Gasteiger partial charge < -0.3 is 10.1 Å². The number of pyridine rings is 1. The zero-order valence-electron chi connectivity index (χ0n) is 13.8. The van der Waals surface area contributed by atoms with Crippen molar-refractivity contribution in [3.63, 3.8) is 0 Å². The van der Waals surface area contributed by atoms with Gasteiger partial charge in [0.1, 0.15) is 6.10 Å². The minimum atomic E-state index is 0.351. The highest BCUT2D eigenvalue weighted by Gasteiger charge is 2.25. The first-order chi connectivity index (χ1) is 10.2. The molecule has 3 heteroatoms. The van der Waals surface area contributed by atoms with E-state index in [1.807, 2.05) is 6.20 Å². The lowest BCUT2D eigenvalue weighted by atomic mass is 9.85. The average Bonchev–Trinajstić information content (AvgIpc) is 2.53. The van der Waals surface area contributed by atoms with Crippen molar-refractivity contribution in [1.29, 1.82) is 0 Å². The van der Waals surface area contributed by atoms with Crippen LogP contribution in [0.2, 0.25) is 0 Å². The van der Waals surface area contributed by atoms with E-state index in [2.05, 4.69) is 43.2 Å². The van der Waals surface area contributed by atoms with Crippen molar-refractivity contribution in [3.05, 3.63) is 23.9 Å². The molecule has 0 aliphatic heterocycles. The fourth-order valence-electron chi connectivity index (χ4n) is 3.19. The fourth-order valence-corrected chi connectivity index (χ4v) is 3.19. The van der Waals surface area contributed by atoms with Gasteiger partial charge in [-0.05, 0) is 63.1 Å². The van der Waals surface area contributed by atoms with Gasteiger partial charge in [-0.3, -0.25) is 0 Å². The summed E-state index contributed by atoms with van der Waals surface area (Å²) in [6, 6.07) is 4.54. The van der Waals surface area contributed by atoms with E-state index >= 15 is 0 Å². The van der Waals surface area contributed by atoms with Crippen LogP contribution in [0.1, 0.15) is 70.9 Å². The molecule has 0 aromatic carbocycles. The lowest BCUT2D eigenvalue weighted by Crippen LogP contribution is -2.30. The topological polar surface area (TPSA) is 34.2 Å². The Labute approximate surface area is 129 Å². The number of aromatic nitrogens is 1. The maximum Gasteiger partial charge on any atom is 0.213 e. The molecule has 1 aliphatic rings. The van der Waals surface area contributed by atoms with E-state index in [1.54, 1.807) is 0 Å². The number of nitrogens with one attached hydrogen (secondary N) is 1. The molecule has 3 atom stereocenters. The number of nitrogens with zero attached hydrogens (tertiary/aromatic N) is 1. The monoisotopic (exact) mass is 290 g/mol. The van der Waals surface area contributed by atoms with Crippen LogP contribution in [0.4, 0.5) is 0 Å². The van der Waals surface area contributed by atoms with Gasteiger partial charge in [-0.1, -0.05) is 20.3 Å². The summed E-state index contributed by atoms with van der Waals surface area (Å²) in [6.07, 6.45) is 9.70. The lowest BCUT2D eigenvalue weighted by molar-refractivity contribution is 0.0857. The van der Waals surface area contributed by atoms with Gasteiger partial charge in [0.2, 0.25) is 5.88 Å². The summed E-state index contributed by atoms with van der Waals surface area (Å²) in [5.74, 6) is 1.49. The second-order valence-corrected chi connectivity index (χ2v) is 6.21. The summed E-state index contributed by atoms with van der Waals surface area (Å²) < 4.78 is 6.22. The quantitative estimate of drug-likeness (QED) is 0.803. The smallest absolute Gasteiger partial charge is 0.213 e. The first-order valence-electron chi connectivity index (χ1n) is 8.60. The van der Waals surface area contributed by atoms with Gasteiger partial charge in [-0.2, -0.15) is 0 Å². The number of hydrogen-bond donors (Lipinski definition) is 1. The van der Waals surface area contributed by atoms with Gasteiger partial charge in [0.05, 0.1) is 0 Å². The van der Waals surface area contributed by atoms with Crippen LogP contribution >= 0.6 is 0 Å². The standard InChI is InChI=1S/C18H30N2O/c1-4-11-19-14(3)16-10-12-20-18(13-16)21-17-9-7-6-8-15(17)5-2/h10,12-15,17,19H,4-9,11H2,1-3H3. The molecule has 2 rings (SSSR count). The number of hydrogen-bond acceptors (Lipinski definition) is 3. The minimum Gasteiger partial charge on any atom is -0.474 e. The summed E-state index contributed by atoms with van der Waals surface area (Å²) in [5.41, 5.74) is 1.26. The van der Waals surface area contributed by atoms with Crippen molar-refractivity contribution >= 4 is 0 Å². The molecular weight excluding hydrogens is 260 g/mol. The molecule has 118 valence electrons. The first-order valence-corrected chi connectivity index (χ1v) is 8.60. The predicted octanol–water partition coefficient (Wildman–Crippen LogP) is 4.49. The van der Waals surface area contributed by atoms with Crippen LogP contribution in [0, 0.1) is 5.92 Å². The largest absolute Gasteiger partial charge is 0.474 e. The molecule has 0 bridgehead atoms. The zero-order chi connectivity index (χ0) is 15.1. The highest BCUT2D eigenvalue weighted by Crippen LogP contribution is 2.30. The Morgan fingerprint density at radius 2 is 2.14 bits per heavy atom. The van der Waals surface area contributed by atoms with Crippen molar-refractivity contribution in [1.82, 2.24) is 10.3 Å². The van der Waals surface area contributed by atoms with Gasteiger partial charge in [-0.15, -0.1) is 0 Å². The van der Waals surface area contributed by atoms with E-state index < -0.39 is 0 Å². The molecule has 0 saturated heterocycles. The molecule has 1 fully saturated rings. The third kappa shape index (κ3) is 4.70. The lowest BCUT2D eigenvalue weighted by Gasteiger charge is -2.31. The highest BCUT2D eigenvalue weighted by molar-refractivity contribution is 5.23. The number of rotatable bonds is 7. The van der Waals surface area contributed by atoms with Gasteiger partial charge in [-0.25, -0.2) is 4.98 Å². The van der Waals surface area contributed by atoms with Crippen LogP contribution in [0.5, 0.6) is 5.88 Å². The molecule has 3 nitrogen and oxygen atoms in total. The van der Waals surface area contributed by atoms with E-state index in [9.17, 15) is 0 Å². The van der Waals surface area contributed by atoms with Crippen molar-refractivity contribution in [2.45, 2.75) is 71.4 Å². The summed E-state index contributed by atoms with van der Waals surface area (Å²) in [5, 5.41) is 3.52. The summed E-state index contributed by atoms with van der Waals surface area (Å²) >= 11 is 0. The van der Waals surface area contributed by atoms with Crippen molar-refractivity contribution in [2.24, 2.45) is 5.92 Å². The molecule has 3 unspecified atom stereocenters. The Morgan fingerprint density at radius 1 is 1.33 bits per heavy atom. The average molecular weight is 290 g/mol. The van der Waals surface area contributed by atoms with E-state index in [0.717, 1.165) is 18.8 Å². The number of ether oxygens (including phenoxy) is 1. The molecule has 1 aliphatic carbocycles. The second kappa shape index (κ2) is 8.38. The van der Waals surface area contributed by atoms with Gasteiger partial charge in [0.15, 0.2) is 0 Å². The van der Waals surface area contributed by atoms with Crippen LogP contribution in [0.25, 0.3) is 0 Å². The normalized spacial score (nSPS) is 23.8. The Kier molecular flexibility index (Phi) is 6.50. The molecule has 1 heterocycles. The molecule has 1 saturated carbocycles. The third-order valence-electron chi connectivity index (χ3n) is 4.60. The molecular formula is C18H30N2O. The Morgan fingerprint density at radius 3 is 2.90 bits per heavy atom. The summed E-state index contributed by atoms with van der Waals surface area (Å²) in [7, 11) is 0. The van der Waals surface area contributed by atoms with E-state index in [1.165, 1.54) is 37.7 Å². The van der Waals surface area contributed by atoms with Gasteiger partial charge in [0.25, 0.3) is 0 Å². The predicted molar refractivity (Wildman–Crippen MR) is 87.6 cm³/mol. The third-order valence-corrected chi connectivity index (χ3v) is 4.60. The molecule has 1 aromatic heterocycles. The molecule has 21 heavy (non-hydrogen) atoms. The molecule has 1 aromatic rings. The first kappa shape index (κ1) is 16.3. The SMILES string of the molecule is CCCNC(C)c1ccnc(OC2CCCCC2CC)c1. The van der Waals surface area contributed by atoms with Crippen LogP contribution in [-0.4, -0.2) is 17.6 Å². The van der Waals surface area contributed by atoms with Crippen LogP contribution in [0.15, 0.2) is 18.3 Å². The second-order valence-electron chi connectivity index (χ2n) is 6.21. The zero-order valence-corrected chi connectivity index (χ0v) is 13.8. The van der Waals surface area contributed by atoms with Crippen molar-refractivity contribution in [3.8, 4) is 5.88 Å². The van der Waals surface area contributed by atoms with Crippen LogP contribution in [-0.2, 0) is 0 Å². The summed E-state index contributed by atoms with van der Waals surface area (Å²) in [6.45, 7) is 7.70.